The van der Waals surface area contributed by atoms with Gasteiger partial charge in [0.1, 0.15) is 23.7 Å². The molecule has 1 aliphatic rings. The lowest BCUT2D eigenvalue weighted by molar-refractivity contribution is 0.238. The minimum absolute atomic E-state index is 0.0909. The average molecular weight is 504 g/mol. The summed E-state index contributed by atoms with van der Waals surface area (Å²) in [6.45, 7) is 7.72. The van der Waals surface area contributed by atoms with Crippen LogP contribution in [0.15, 0.2) is 63.8 Å². The molecule has 0 aliphatic carbocycles. The monoisotopic (exact) mass is 503 g/mol. The summed E-state index contributed by atoms with van der Waals surface area (Å²) < 4.78 is 11.6. The van der Waals surface area contributed by atoms with Gasteiger partial charge in [0, 0.05) is 28.6 Å². The van der Waals surface area contributed by atoms with E-state index in [1.807, 2.05) is 62.4 Å². The first-order chi connectivity index (χ1) is 17.4. The lowest BCUT2D eigenvalue weighted by atomic mass is 9.92. The number of likely N-dealkylation sites (tertiary alicyclic amines) is 1. The van der Waals surface area contributed by atoms with Crippen LogP contribution >= 0.6 is 11.6 Å². The van der Waals surface area contributed by atoms with Gasteiger partial charge in [-0.3, -0.25) is 4.90 Å². The molecular formula is C30H30ClNO4. The number of nitrogens with zero attached hydrogens (tertiary/aromatic N) is 1. The minimum atomic E-state index is -0.478. The molecule has 0 bridgehead atoms. The molecule has 36 heavy (non-hydrogen) atoms. The number of aromatic hydroxyl groups is 1. The Morgan fingerprint density at radius 1 is 1.03 bits per heavy atom. The third kappa shape index (κ3) is 5.13. The molecule has 0 spiro atoms. The van der Waals surface area contributed by atoms with Gasteiger partial charge in [-0.1, -0.05) is 35.9 Å². The van der Waals surface area contributed by atoms with Crippen LogP contribution in [0.2, 0.25) is 5.02 Å². The van der Waals surface area contributed by atoms with E-state index in [9.17, 15) is 9.90 Å². The van der Waals surface area contributed by atoms with Crippen molar-refractivity contribution in [2.45, 2.75) is 33.1 Å². The van der Waals surface area contributed by atoms with Crippen molar-refractivity contribution in [3.63, 3.8) is 0 Å². The average Bonchev–Trinajstić information content (AvgIpc) is 3.36. The Hall–Kier alpha value is -3.28. The van der Waals surface area contributed by atoms with Gasteiger partial charge in [-0.2, -0.15) is 0 Å². The Morgan fingerprint density at radius 2 is 1.78 bits per heavy atom. The summed E-state index contributed by atoms with van der Waals surface area (Å²) in [5, 5.41) is 11.5. The summed E-state index contributed by atoms with van der Waals surface area (Å²) in [5.41, 5.74) is 4.53. The fraction of sp³-hybridized carbons (Fsp3) is 0.300. The highest BCUT2D eigenvalue weighted by atomic mass is 35.5. The smallest absolute Gasteiger partial charge is 0.344 e. The van der Waals surface area contributed by atoms with Crippen LogP contribution in [0.1, 0.15) is 35.1 Å². The summed E-state index contributed by atoms with van der Waals surface area (Å²) in [6, 6.07) is 17.0. The van der Waals surface area contributed by atoms with Gasteiger partial charge >= 0.3 is 5.63 Å². The molecule has 5 nitrogen and oxygen atoms in total. The van der Waals surface area contributed by atoms with Crippen LogP contribution in [0, 0.1) is 13.8 Å². The molecule has 1 aliphatic heterocycles. The van der Waals surface area contributed by atoms with Crippen LogP contribution in [0.5, 0.6) is 11.5 Å². The van der Waals surface area contributed by atoms with Crippen LogP contribution in [-0.2, 0) is 6.42 Å². The number of hydrogen-bond donors (Lipinski definition) is 1. The molecular weight excluding hydrogens is 474 g/mol. The van der Waals surface area contributed by atoms with E-state index in [1.165, 1.54) is 18.9 Å². The van der Waals surface area contributed by atoms with E-state index in [0.29, 0.717) is 40.3 Å². The molecule has 1 aromatic heterocycles. The van der Waals surface area contributed by atoms with Crippen molar-refractivity contribution in [1.82, 2.24) is 4.90 Å². The highest BCUT2D eigenvalue weighted by molar-refractivity contribution is 6.33. The second kappa shape index (κ2) is 10.4. The van der Waals surface area contributed by atoms with Crippen molar-refractivity contribution in [1.29, 1.82) is 0 Å². The zero-order valence-electron chi connectivity index (χ0n) is 20.6. The number of rotatable bonds is 7. The number of phenols is 1. The molecule has 1 saturated heterocycles. The van der Waals surface area contributed by atoms with Gasteiger partial charge in [0.15, 0.2) is 0 Å². The minimum Gasteiger partial charge on any atom is -0.508 e. The molecule has 0 atom stereocenters. The highest BCUT2D eigenvalue weighted by Crippen LogP contribution is 2.36. The molecule has 2 heterocycles. The van der Waals surface area contributed by atoms with Crippen molar-refractivity contribution < 1.29 is 14.3 Å². The Balaban J connectivity index is 1.50. The van der Waals surface area contributed by atoms with E-state index in [-0.39, 0.29) is 5.75 Å². The third-order valence-corrected chi connectivity index (χ3v) is 7.22. The fourth-order valence-electron chi connectivity index (χ4n) is 4.89. The van der Waals surface area contributed by atoms with E-state index in [2.05, 4.69) is 4.90 Å². The second-order valence-corrected chi connectivity index (χ2v) is 9.99. The SMILES string of the molecule is Cc1ccc(-c2c(Cc3ccc(OCCN4CCCC4)cc3)c3cc(C)c(O)cc3oc2=O)c(Cl)c1. The summed E-state index contributed by atoms with van der Waals surface area (Å²) in [4.78, 5) is 15.7. The summed E-state index contributed by atoms with van der Waals surface area (Å²) in [7, 11) is 0. The van der Waals surface area contributed by atoms with Crippen LogP contribution < -0.4 is 10.4 Å². The zero-order chi connectivity index (χ0) is 25.2. The maximum absolute atomic E-state index is 13.2. The van der Waals surface area contributed by atoms with E-state index >= 15 is 0 Å². The predicted octanol–water partition coefficient (Wildman–Crippen LogP) is 6.50. The van der Waals surface area contributed by atoms with Gasteiger partial charge in [0.05, 0.1) is 5.56 Å². The van der Waals surface area contributed by atoms with Crippen LogP contribution in [0.4, 0.5) is 0 Å². The van der Waals surface area contributed by atoms with Crippen molar-refractivity contribution in [2.75, 3.05) is 26.2 Å². The molecule has 5 rings (SSSR count). The number of benzene rings is 3. The number of ether oxygens (including phenoxy) is 1. The molecule has 0 amide bonds. The normalized spacial score (nSPS) is 14.0. The lowest BCUT2D eigenvalue weighted by Crippen LogP contribution is -2.25. The molecule has 0 saturated carbocycles. The van der Waals surface area contributed by atoms with E-state index in [1.54, 1.807) is 0 Å². The van der Waals surface area contributed by atoms with Gasteiger partial charge < -0.3 is 14.3 Å². The number of aryl methyl sites for hydroxylation is 2. The van der Waals surface area contributed by atoms with Gasteiger partial charge in [-0.05, 0) is 92.7 Å². The number of fused-ring (bicyclic) bond motifs is 1. The summed E-state index contributed by atoms with van der Waals surface area (Å²) in [6.07, 6.45) is 3.05. The Labute approximate surface area is 215 Å². The third-order valence-electron chi connectivity index (χ3n) is 6.90. The Bertz CT molecular complexity index is 1450. The van der Waals surface area contributed by atoms with Crippen LogP contribution in [-0.4, -0.2) is 36.2 Å². The molecule has 0 radical (unpaired) electrons. The molecule has 1 N–H and O–H groups in total. The van der Waals surface area contributed by atoms with Crippen LogP contribution in [0.25, 0.3) is 22.1 Å². The van der Waals surface area contributed by atoms with Crippen molar-refractivity contribution in [3.05, 3.63) is 92.3 Å². The standard InChI is InChI=1S/C30H30ClNO4/c1-19-5-10-23(26(31)15-19)29-25(24-16-20(2)27(33)18-28(24)36-30(29)34)17-21-6-8-22(9-7-21)35-14-13-32-11-3-4-12-32/h5-10,15-16,18,33H,3-4,11-14,17H2,1-2H3. The van der Waals surface area contributed by atoms with Crippen molar-refractivity contribution in [2.24, 2.45) is 0 Å². The second-order valence-electron chi connectivity index (χ2n) is 9.58. The van der Waals surface area contributed by atoms with E-state index < -0.39 is 5.63 Å². The van der Waals surface area contributed by atoms with Crippen molar-refractivity contribution >= 4 is 22.6 Å². The highest BCUT2D eigenvalue weighted by Gasteiger charge is 2.20. The van der Waals surface area contributed by atoms with Crippen molar-refractivity contribution in [3.8, 4) is 22.6 Å². The van der Waals surface area contributed by atoms with E-state index in [4.69, 9.17) is 20.8 Å². The van der Waals surface area contributed by atoms with Gasteiger partial charge in [0.2, 0.25) is 0 Å². The Kier molecular flexibility index (Phi) is 7.04. The van der Waals surface area contributed by atoms with E-state index in [0.717, 1.165) is 47.5 Å². The quantitative estimate of drug-likeness (QED) is 0.291. The number of halogens is 1. The van der Waals surface area contributed by atoms with Gasteiger partial charge in [-0.15, -0.1) is 0 Å². The predicted molar refractivity (Wildman–Crippen MR) is 144 cm³/mol. The molecule has 6 heteroatoms. The maximum atomic E-state index is 13.2. The molecule has 186 valence electrons. The van der Waals surface area contributed by atoms with Gasteiger partial charge in [0.25, 0.3) is 0 Å². The zero-order valence-corrected chi connectivity index (χ0v) is 21.4. The Morgan fingerprint density at radius 3 is 2.50 bits per heavy atom. The number of hydrogen-bond acceptors (Lipinski definition) is 5. The first-order valence-corrected chi connectivity index (χ1v) is 12.8. The largest absolute Gasteiger partial charge is 0.508 e. The summed E-state index contributed by atoms with van der Waals surface area (Å²) >= 11 is 6.59. The lowest BCUT2D eigenvalue weighted by Gasteiger charge is -2.16. The maximum Gasteiger partial charge on any atom is 0.344 e. The molecule has 4 aromatic rings. The van der Waals surface area contributed by atoms with Crippen LogP contribution in [0.3, 0.4) is 0 Å². The topological polar surface area (TPSA) is 62.9 Å². The molecule has 3 aromatic carbocycles. The number of phenolic OH excluding ortho intramolecular Hbond substituents is 1. The molecule has 1 fully saturated rings. The first kappa shape index (κ1) is 24.4. The van der Waals surface area contributed by atoms with Gasteiger partial charge in [-0.25, -0.2) is 4.79 Å². The molecule has 0 unspecified atom stereocenters. The first-order valence-electron chi connectivity index (χ1n) is 12.4. The summed E-state index contributed by atoms with van der Waals surface area (Å²) in [5.74, 6) is 0.922. The fourth-order valence-corrected chi connectivity index (χ4v) is 5.22.